The molecule has 20 heavy (non-hydrogen) atoms. The standard InChI is InChI=1S/C14H14FNO3S/c15-10-2-1-9-5-13(20-12(9)6-10)14(18)16-3-4-19-8-11(16)7-17/h1-2,5-6,11,17H,3-4,7-8H2. The summed E-state index contributed by atoms with van der Waals surface area (Å²) in [6.45, 7) is 1.17. The minimum Gasteiger partial charge on any atom is -0.394 e. The Kier molecular flexibility index (Phi) is 3.69. The topological polar surface area (TPSA) is 49.8 Å². The van der Waals surface area contributed by atoms with Crippen molar-refractivity contribution in [1.29, 1.82) is 0 Å². The third-order valence-electron chi connectivity index (χ3n) is 3.39. The van der Waals surface area contributed by atoms with Crippen molar-refractivity contribution in [3.63, 3.8) is 0 Å². The molecule has 1 unspecified atom stereocenters. The van der Waals surface area contributed by atoms with Crippen LogP contribution in [0.15, 0.2) is 24.3 Å². The number of hydrogen-bond acceptors (Lipinski definition) is 4. The first-order valence-electron chi connectivity index (χ1n) is 6.37. The van der Waals surface area contributed by atoms with Crippen molar-refractivity contribution in [1.82, 2.24) is 4.90 Å². The van der Waals surface area contributed by atoms with Gasteiger partial charge in [0.15, 0.2) is 0 Å². The molecule has 1 aliphatic heterocycles. The highest BCUT2D eigenvalue weighted by Crippen LogP contribution is 2.28. The van der Waals surface area contributed by atoms with Crippen LogP contribution < -0.4 is 0 Å². The van der Waals surface area contributed by atoms with Gasteiger partial charge in [-0.15, -0.1) is 11.3 Å². The number of halogens is 1. The zero-order valence-corrected chi connectivity index (χ0v) is 11.5. The van der Waals surface area contributed by atoms with E-state index in [1.165, 1.54) is 23.5 Å². The summed E-state index contributed by atoms with van der Waals surface area (Å²) in [7, 11) is 0. The summed E-state index contributed by atoms with van der Waals surface area (Å²) in [4.78, 5) is 14.7. The Morgan fingerprint density at radius 1 is 1.50 bits per heavy atom. The second-order valence-corrected chi connectivity index (χ2v) is 5.79. The predicted octanol–water partition coefficient (Wildman–Crippen LogP) is 1.87. The lowest BCUT2D eigenvalue weighted by Gasteiger charge is -2.34. The van der Waals surface area contributed by atoms with Crippen LogP contribution in [0.3, 0.4) is 0 Å². The van der Waals surface area contributed by atoms with Crippen molar-refractivity contribution < 1.29 is 19.0 Å². The van der Waals surface area contributed by atoms with Crippen LogP contribution in [0, 0.1) is 5.82 Å². The van der Waals surface area contributed by atoms with E-state index in [2.05, 4.69) is 0 Å². The van der Waals surface area contributed by atoms with Crippen molar-refractivity contribution in [2.75, 3.05) is 26.4 Å². The van der Waals surface area contributed by atoms with Crippen LogP contribution in [0.2, 0.25) is 0 Å². The number of thiophene rings is 1. The molecule has 1 amide bonds. The van der Waals surface area contributed by atoms with Gasteiger partial charge < -0.3 is 14.7 Å². The number of rotatable bonds is 2. The largest absolute Gasteiger partial charge is 0.394 e. The van der Waals surface area contributed by atoms with Gasteiger partial charge in [0, 0.05) is 11.2 Å². The molecule has 0 bridgehead atoms. The van der Waals surface area contributed by atoms with Crippen molar-refractivity contribution in [2.24, 2.45) is 0 Å². The first kappa shape index (κ1) is 13.5. The predicted molar refractivity (Wildman–Crippen MR) is 74.5 cm³/mol. The molecule has 2 aromatic rings. The minimum atomic E-state index is -0.307. The first-order valence-corrected chi connectivity index (χ1v) is 7.19. The average Bonchev–Trinajstić information content (AvgIpc) is 2.89. The third kappa shape index (κ3) is 2.42. The number of hydrogen-bond donors (Lipinski definition) is 1. The van der Waals surface area contributed by atoms with Crippen LogP contribution in [0.4, 0.5) is 4.39 Å². The van der Waals surface area contributed by atoms with Gasteiger partial charge in [0.25, 0.3) is 5.91 Å². The average molecular weight is 295 g/mol. The quantitative estimate of drug-likeness (QED) is 0.920. The summed E-state index contributed by atoms with van der Waals surface area (Å²) >= 11 is 1.27. The van der Waals surface area contributed by atoms with Gasteiger partial charge in [0.1, 0.15) is 5.82 Å². The van der Waals surface area contributed by atoms with Gasteiger partial charge in [-0.25, -0.2) is 4.39 Å². The molecule has 1 fully saturated rings. The van der Waals surface area contributed by atoms with Gasteiger partial charge in [-0.2, -0.15) is 0 Å². The zero-order chi connectivity index (χ0) is 14.1. The molecule has 0 spiro atoms. The monoisotopic (exact) mass is 295 g/mol. The Morgan fingerprint density at radius 2 is 2.35 bits per heavy atom. The molecule has 0 saturated carbocycles. The van der Waals surface area contributed by atoms with Crippen LogP contribution in [-0.4, -0.2) is 48.3 Å². The van der Waals surface area contributed by atoms with E-state index in [-0.39, 0.29) is 24.4 Å². The Hall–Kier alpha value is -1.50. The maximum absolute atomic E-state index is 13.2. The van der Waals surface area contributed by atoms with E-state index in [9.17, 15) is 14.3 Å². The van der Waals surface area contributed by atoms with E-state index in [0.29, 0.717) is 24.6 Å². The lowest BCUT2D eigenvalue weighted by atomic mass is 10.2. The van der Waals surface area contributed by atoms with Crippen LogP contribution in [-0.2, 0) is 4.74 Å². The smallest absolute Gasteiger partial charge is 0.264 e. The van der Waals surface area contributed by atoms with Gasteiger partial charge in [0.2, 0.25) is 0 Å². The molecule has 1 aromatic carbocycles. The van der Waals surface area contributed by atoms with Gasteiger partial charge in [-0.05, 0) is 23.6 Å². The Balaban J connectivity index is 1.91. The first-order chi connectivity index (χ1) is 9.69. The SMILES string of the molecule is O=C(c1cc2ccc(F)cc2s1)N1CCOCC1CO. The van der Waals surface area contributed by atoms with Gasteiger partial charge in [0.05, 0.1) is 30.7 Å². The van der Waals surface area contributed by atoms with Crippen molar-refractivity contribution in [2.45, 2.75) is 6.04 Å². The normalized spacial score (nSPS) is 19.5. The molecular formula is C14H14FNO3S. The lowest BCUT2D eigenvalue weighted by molar-refractivity contribution is -0.0181. The summed E-state index contributed by atoms with van der Waals surface area (Å²) in [5.41, 5.74) is 0. The Morgan fingerprint density at radius 3 is 3.15 bits per heavy atom. The molecule has 0 radical (unpaired) electrons. The van der Waals surface area contributed by atoms with Crippen LogP contribution >= 0.6 is 11.3 Å². The molecular weight excluding hydrogens is 281 g/mol. The fourth-order valence-corrected chi connectivity index (χ4v) is 3.37. The van der Waals surface area contributed by atoms with E-state index < -0.39 is 0 Å². The highest BCUT2D eigenvalue weighted by atomic mass is 32.1. The number of aliphatic hydroxyl groups excluding tert-OH is 1. The Labute approximate surface area is 119 Å². The molecule has 0 aliphatic carbocycles. The number of benzene rings is 1. The summed E-state index contributed by atoms with van der Waals surface area (Å²) < 4.78 is 19.2. The number of fused-ring (bicyclic) bond motifs is 1. The van der Waals surface area contributed by atoms with E-state index in [1.54, 1.807) is 17.0 Å². The highest BCUT2D eigenvalue weighted by Gasteiger charge is 2.28. The number of aliphatic hydroxyl groups is 1. The molecule has 2 heterocycles. The van der Waals surface area contributed by atoms with E-state index in [4.69, 9.17) is 4.74 Å². The molecule has 106 valence electrons. The fraction of sp³-hybridized carbons (Fsp3) is 0.357. The number of amides is 1. The van der Waals surface area contributed by atoms with Crippen molar-refractivity contribution >= 4 is 27.3 Å². The van der Waals surface area contributed by atoms with E-state index in [1.807, 2.05) is 0 Å². The van der Waals surface area contributed by atoms with Gasteiger partial charge >= 0.3 is 0 Å². The molecule has 6 heteroatoms. The number of nitrogens with zero attached hydrogens (tertiary/aromatic N) is 1. The van der Waals surface area contributed by atoms with Crippen LogP contribution in [0.1, 0.15) is 9.67 Å². The van der Waals surface area contributed by atoms with Crippen molar-refractivity contribution in [3.05, 3.63) is 35.0 Å². The Bertz CT molecular complexity index is 642. The molecule has 1 aliphatic rings. The lowest BCUT2D eigenvalue weighted by Crippen LogP contribution is -2.50. The second kappa shape index (κ2) is 5.47. The third-order valence-corrected chi connectivity index (χ3v) is 4.48. The number of carbonyl (C=O) groups is 1. The van der Waals surface area contributed by atoms with Crippen LogP contribution in [0.25, 0.3) is 10.1 Å². The summed E-state index contributed by atoms with van der Waals surface area (Å²) in [5.74, 6) is -0.438. The molecule has 1 aromatic heterocycles. The maximum Gasteiger partial charge on any atom is 0.264 e. The second-order valence-electron chi connectivity index (χ2n) is 4.70. The van der Waals surface area contributed by atoms with Crippen LogP contribution in [0.5, 0.6) is 0 Å². The van der Waals surface area contributed by atoms with E-state index in [0.717, 1.165) is 10.1 Å². The summed E-state index contributed by atoms with van der Waals surface area (Å²) in [6.07, 6.45) is 0. The van der Waals surface area contributed by atoms with Gasteiger partial charge in [-0.3, -0.25) is 4.79 Å². The molecule has 1 atom stereocenters. The number of carbonyl (C=O) groups excluding carboxylic acids is 1. The molecule has 4 nitrogen and oxygen atoms in total. The highest BCUT2D eigenvalue weighted by molar-refractivity contribution is 7.20. The minimum absolute atomic E-state index is 0.120. The number of ether oxygens (including phenoxy) is 1. The zero-order valence-electron chi connectivity index (χ0n) is 10.7. The van der Waals surface area contributed by atoms with Gasteiger partial charge in [-0.1, -0.05) is 6.07 Å². The molecule has 1 saturated heterocycles. The van der Waals surface area contributed by atoms with E-state index >= 15 is 0 Å². The van der Waals surface area contributed by atoms with Crippen molar-refractivity contribution in [3.8, 4) is 0 Å². The fourth-order valence-electron chi connectivity index (χ4n) is 2.33. The summed E-state index contributed by atoms with van der Waals surface area (Å²) in [6, 6.07) is 5.94. The maximum atomic E-state index is 13.2. The summed E-state index contributed by atoms with van der Waals surface area (Å²) in [5, 5.41) is 10.2. The number of morpholine rings is 1. The molecule has 1 N–H and O–H groups in total. The molecule has 3 rings (SSSR count).